The molecule has 1 heterocycles. The minimum absolute atomic E-state index is 0.0338. The lowest BCUT2D eigenvalue weighted by atomic mass is 9.75. The van der Waals surface area contributed by atoms with Crippen LogP contribution >= 0.6 is 23.2 Å². The van der Waals surface area contributed by atoms with E-state index in [0.717, 1.165) is 12.8 Å². The summed E-state index contributed by atoms with van der Waals surface area (Å²) in [5.41, 5.74) is 0. The van der Waals surface area contributed by atoms with Crippen molar-refractivity contribution in [1.82, 2.24) is 0 Å². The number of carbonyl (C=O) groups is 1. The molecule has 0 N–H and O–H groups in total. The van der Waals surface area contributed by atoms with E-state index in [0.29, 0.717) is 6.61 Å². The number of halogens is 2. The third kappa shape index (κ3) is 3.89. The average molecular weight is 365 g/mol. The van der Waals surface area contributed by atoms with Gasteiger partial charge in [0.1, 0.15) is 10.6 Å². The van der Waals surface area contributed by atoms with Crippen molar-refractivity contribution in [3.8, 4) is 0 Å². The lowest BCUT2D eigenvalue weighted by Crippen LogP contribution is -2.43. The number of esters is 1. The second-order valence-electron chi connectivity index (χ2n) is 8.00. The molecule has 3 nitrogen and oxygen atoms in total. The van der Waals surface area contributed by atoms with Gasteiger partial charge in [-0.3, -0.25) is 4.79 Å². The Morgan fingerprint density at radius 1 is 1.36 bits per heavy atom. The summed E-state index contributed by atoms with van der Waals surface area (Å²) >= 11 is 11.6. The maximum absolute atomic E-state index is 12.1. The summed E-state index contributed by atoms with van der Waals surface area (Å²) in [5.74, 6) is 0.166. The monoisotopic (exact) mass is 364 g/mol. The first-order chi connectivity index (χ1) is 10.0. The van der Waals surface area contributed by atoms with Crippen molar-refractivity contribution in [3.63, 3.8) is 0 Å². The first-order valence-electron chi connectivity index (χ1n) is 7.88. The van der Waals surface area contributed by atoms with Crippen LogP contribution in [-0.2, 0) is 14.0 Å². The lowest BCUT2D eigenvalue weighted by molar-refractivity contribution is -0.144. The fraction of sp³-hybridized carbons (Fsp3) is 0.812. The molecule has 22 heavy (non-hydrogen) atoms. The molecule has 0 spiro atoms. The van der Waals surface area contributed by atoms with E-state index < -0.39 is 8.32 Å². The minimum Gasteiger partial charge on any atom is -0.461 e. The molecule has 2 rings (SSSR count). The molecule has 6 heteroatoms. The van der Waals surface area contributed by atoms with E-state index >= 15 is 0 Å². The van der Waals surface area contributed by atoms with Crippen LogP contribution in [0.4, 0.5) is 0 Å². The number of hydrogen-bond acceptors (Lipinski definition) is 3. The molecule has 0 radical (unpaired) electrons. The number of ether oxygens (including phenoxy) is 1. The van der Waals surface area contributed by atoms with Gasteiger partial charge in [-0.25, -0.2) is 0 Å². The van der Waals surface area contributed by atoms with Crippen LogP contribution in [0, 0.1) is 17.8 Å². The van der Waals surface area contributed by atoms with E-state index in [1.54, 1.807) is 0 Å². The van der Waals surface area contributed by atoms with Crippen molar-refractivity contribution < 1.29 is 14.0 Å². The summed E-state index contributed by atoms with van der Waals surface area (Å²) in [6, 6.07) is 0. The topological polar surface area (TPSA) is 35.5 Å². The van der Waals surface area contributed by atoms with E-state index in [-0.39, 0.29) is 39.4 Å². The molecule has 0 aromatic carbocycles. The van der Waals surface area contributed by atoms with Gasteiger partial charge < -0.3 is 9.16 Å². The van der Waals surface area contributed by atoms with Crippen molar-refractivity contribution in [2.45, 2.75) is 57.8 Å². The molecule has 0 amide bonds. The van der Waals surface area contributed by atoms with Gasteiger partial charge in [0.15, 0.2) is 8.32 Å². The van der Waals surface area contributed by atoms with Crippen molar-refractivity contribution in [1.29, 1.82) is 0 Å². The molecule has 0 aromatic heterocycles. The second-order valence-corrected chi connectivity index (χ2v) is 13.8. The molecule has 4 atom stereocenters. The van der Waals surface area contributed by atoms with Gasteiger partial charge in [-0.2, -0.15) is 0 Å². The number of fused-ring (bicyclic) bond motifs is 2. The van der Waals surface area contributed by atoms with Crippen molar-refractivity contribution in [2.24, 2.45) is 17.8 Å². The third-order valence-electron chi connectivity index (χ3n) is 5.48. The molecule has 0 aromatic rings. The van der Waals surface area contributed by atoms with Crippen LogP contribution in [0.3, 0.4) is 0 Å². The predicted molar refractivity (Wildman–Crippen MR) is 92.5 cm³/mol. The normalized spacial score (nSPS) is 31.9. The molecule has 1 saturated carbocycles. The quantitative estimate of drug-likeness (QED) is 0.525. The SMILES string of the molecule is CC(C)(C)[Si](C)(C)OC[C@H]1C[C@@H](C=C(Cl)Cl)[C@@H]2C[C@H]1C(=O)O2. The van der Waals surface area contributed by atoms with Gasteiger partial charge in [0.25, 0.3) is 0 Å². The number of rotatable bonds is 4. The van der Waals surface area contributed by atoms with E-state index in [1.165, 1.54) is 0 Å². The molecule has 2 aliphatic rings. The standard InChI is InChI=1S/C16H26Cl2O3Si/c1-16(2,3)22(4,5)20-9-11-6-10(7-14(17)18)13-8-12(11)15(19)21-13/h7,10-13H,6,8-9H2,1-5H3/t10-,11+,12+,13-/m0/s1. The summed E-state index contributed by atoms with van der Waals surface area (Å²) in [6.45, 7) is 11.8. The van der Waals surface area contributed by atoms with E-state index in [1.807, 2.05) is 6.08 Å². The molecule has 1 aliphatic carbocycles. The van der Waals surface area contributed by atoms with Crippen molar-refractivity contribution >= 4 is 37.5 Å². The third-order valence-corrected chi connectivity index (χ3v) is 10.2. The van der Waals surface area contributed by atoms with Crippen LogP contribution in [0.2, 0.25) is 18.1 Å². The Kier molecular flexibility index (Phi) is 5.38. The Balaban J connectivity index is 2.07. The van der Waals surface area contributed by atoms with Crippen LogP contribution in [0.1, 0.15) is 33.6 Å². The fourth-order valence-corrected chi connectivity index (χ4v) is 4.38. The Bertz CT molecular complexity index is 467. The smallest absolute Gasteiger partial charge is 0.309 e. The van der Waals surface area contributed by atoms with Crippen LogP contribution in [0.15, 0.2) is 10.6 Å². The van der Waals surface area contributed by atoms with Crippen LogP contribution in [0.25, 0.3) is 0 Å². The summed E-state index contributed by atoms with van der Waals surface area (Å²) in [4.78, 5) is 12.1. The van der Waals surface area contributed by atoms with Gasteiger partial charge >= 0.3 is 5.97 Å². The maximum Gasteiger partial charge on any atom is 0.309 e. The number of carbonyl (C=O) groups excluding carboxylic acids is 1. The Hall–Kier alpha value is -0.0331. The van der Waals surface area contributed by atoms with Crippen LogP contribution < -0.4 is 0 Å². The Morgan fingerprint density at radius 3 is 2.55 bits per heavy atom. The molecule has 1 aliphatic heterocycles. The highest BCUT2D eigenvalue weighted by Crippen LogP contribution is 2.44. The first kappa shape index (κ1) is 18.3. The molecule has 2 bridgehead atoms. The van der Waals surface area contributed by atoms with Gasteiger partial charge in [-0.05, 0) is 43.0 Å². The van der Waals surface area contributed by atoms with Crippen LogP contribution in [0.5, 0.6) is 0 Å². The fourth-order valence-electron chi connectivity index (χ4n) is 3.00. The molecule has 0 unspecified atom stereocenters. The molecular weight excluding hydrogens is 339 g/mol. The van der Waals surface area contributed by atoms with Gasteiger partial charge in [0, 0.05) is 12.5 Å². The number of hydrogen-bond donors (Lipinski definition) is 0. The molecular formula is C16H26Cl2O3Si. The zero-order valence-corrected chi connectivity index (χ0v) is 16.5. The first-order valence-corrected chi connectivity index (χ1v) is 11.5. The summed E-state index contributed by atoms with van der Waals surface area (Å²) < 4.78 is 12.1. The maximum atomic E-state index is 12.1. The van der Waals surface area contributed by atoms with Crippen LogP contribution in [-0.4, -0.2) is 27.0 Å². The van der Waals surface area contributed by atoms with Crippen molar-refractivity contribution in [2.75, 3.05) is 6.61 Å². The highest BCUT2D eigenvalue weighted by molar-refractivity contribution is 6.74. The zero-order valence-electron chi connectivity index (χ0n) is 14.0. The zero-order chi connectivity index (χ0) is 16.7. The summed E-state index contributed by atoms with van der Waals surface area (Å²) in [7, 11) is -1.81. The molecule has 1 saturated heterocycles. The van der Waals surface area contributed by atoms with E-state index in [2.05, 4.69) is 33.9 Å². The lowest BCUT2D eigenvalue weighted by Gasteiger charge is -2.39. The van der Waals surface area contributed by atoms with E-state index in [9.17, 15) is 4.79 Å². The largest absolute Gasteiger partial charge is 0.461 e. The summed E-state index contributed by atoms with van der Waals surface area (Å²) in [5, 5.41) is 0.166. The van der Waals surface area contributed by atoms with Gasteiger partial charge in [-0.1, -0.05) is 44.0 Å². The Labute approximate surface area is 144 Å². The molecule has 2 fully saturated rings. The predicted octanol–water partition coefficient (Wildman–Crippen LogP) is 4.90. The average Bonchev–Trinajstić information content (AvgIpc) is 2.68. The van der Waals surface area contributed by atoms with Gasteiger partial charge in [0.2, 0.25) is 0 Å². The Morgan fingerprint density at radius 2 is 2.00 bits per heavy atom. The minimum atomic E-state index is -1.81. The van der Waals surface area contributed by atoms with Gasteiger partial charge in [0.05, 0.1) is 5.92 Å². The van der Waals surface area contributed by atoms with E-state index in [4.69, 9.17) is 32.4 Å². The molecule has 126 valence electrons. The highest BCUT2D eigenvalue weighted by atomic mass is 35.5. The van der Waals surface area contributed by atoms with Crippen molar-refractivity contribution in [3.05, 3.63) is 10.6 Å². The summed E-state index contributed by atoms with van der Waals surface area (Å²) in [6.07, 6.45) is 3.33. The highest BCUT2D eigenvalue weighted by Gasteiger charge is 2.49. The van der Waals surface area contributed by atoms with Gasteiger partial charge in [-0.15, -0.1) is 0 Å². The second kappa shape index (κ2) is 6.46.